The summed E-state index contributed by atoms with van der Waals surface area (Å²) in [6.45, 7) is 4.50. The molecule has 0 saturated carbocycles. The SMILES string of the molecule is BrCc1ccc(-[n+]2ccc(-c3cc[n+](-c4ccc(C[n+]5ccc(-c6cc[n+](Cc7cc(C[n+]8ccc(-c9cc[n+](Cc%10ccc(-[n+]%11ccc(-c%12cc[n+](-c%13ccc(CBr)cc%13)cc%12)cc%11)cc%10)cc9)cc8)cc(C[n+]8ccc(-c9cc[n+](Cc%10ccc(-[n+]%11ccc(-c%12cc[n+](-c%13ccc(CBr)cc%13)cc%12)cc%11)cc%10)cc9)cc8)c7)cc6)cc5)cc4)cc3)cc2)cc1. The van der Waals surface area contributed by atoms with Crippen LogP contribution in [0.5, 0.6) is 0 Å². The van der Waals surface area contributed by atoms with Crippen molar-refractivity contribution in [2.45, 2.75) is 55.3 Å². The minimum absolute atomic E-state index is 0.726. The molecular formula is C111H93Br3N12+12. The summed E-state index contributed by atoms with van der Waals surface area (Å²) in [6, 6.07) is 112. The molecule has 0 aliphatic carbocycles. The highest BCUT2D eigenvalue weighted by molar-refractivity contribution is 9.09. The molecule has 0 fully saturated rings. The van der Waals surface area contributed by atoms with Gasteiger partial charge >= 0.3 is 0 Å². The van der Waals surface area contributed by atoms with Gasteiger partial charge in [0, 0.05) is 268 Å². The van der Waals surface area contributed by atoms with Crippen molar-refractivity contribution in [1.82, 2.24) is 0 Å². The third kappa shape index (κ3) is 19.9. The fourth-order valence-electron chi connectivity index (χ4n) is 16.2. The lowest BCUT2D eigenvalue weighted by Crippen LogP contribution is -2.36. The highest BCUT2D eigenvalue weighted by Crippen LogP contribution is 2.26. The van der Waals surface area contributed by atoms with Gasteiger partial charge in [0.05, 0.1) is 0 Å². The Bertz CT molecular complexity index is 6200. The number of alkyl halides is 3. The molecule has 0 bridgehead atoms. The van der Waals surface area contributed by atoms with Crippen LogP contribution >= 0.6 is 47.8 Å². The van der Waals surface area contributed by atoms with E-state index in [-0.39, 0.29) is 0 Å². The second kappa shape index (κ2) is 38.3. The van der Waals surface area contributed by atoms with Crippen LogP contribution in [0, 0.1) is 0 Å². The van der Waals surface area contributed by atoms with Crippen LogP contribution in [0.4, 0.5) is 0 Å². The quantitative estimate of drug-likeness (QED) is 0.0364. The van der Waals surface area contributed by atoms with Gasteiger partial charge in [-0.3, -0.25) is 0 Å². The van der Waals surface area contributed by atoms with Crippen molar-refractivity contribution < 1.29 is 54.8 Å². The number of nitrogens with zero attached hydrogens (tertiary/aromatic N) is 12. The maximum atomic E-state index is 3.55. The third-order valence-corrected chi connectivity index (χ3v) is 25.4. The molecule has 0 unspecified atom stereocenters. The predicted octanol–water partition coefficient (Wildman–Crippen LogP) is 18.0. The highest BCUT2D eigenvalue weighted by atomic mass is 79.9. The monoisotopic (exact) mass is 1830 g/mol. The first-order valence-corrected chi connectivity index (χ1v) is 45.9. The van der Waals surface area contributed by atoms with Crippen LogP contribution in [-0.4, -0.2) is 0 Å². The van der Waals surface area contributed by atoms with E-state index < -0.39 is 0 Å². The number of aromatic nitrogens is 12. The molecule has 7 aromatic carbocycles. The van der Waals surface area contributed by atoms with E-state index in [1.165, 1.54) is 117 Å². The van der Waals surface area contributed by atoms with Gasteiger partial charge in [0.1, 0.15) is 0 Å². The Morgan fingerprint density at radius 2 is 0.246 bits per heavy atom. The number of hydrogen-bond donors (Lipinski definition) is 0. The lowest BCUT2D eigenvalue weighted by atomic mass is 10.0. The Kier molecular flexibility index (Phi) is 24.7. The molecule has 0 spiro atoms. The van der Waals surface area contributed by atoms with Crippen LogP contribution in [0.25, 0.3) is 101 Å². The molecule has 0 atom stereocenters. The second-order valence-electron chi connectivity index (χ2n) is 32.1. The average molecular weight is 1830 g/mol. The first-order valence-electron chi connectivity index (χ1n) is 42.5. The molecule has 0 saturated heterocycles. The average Bonchev–Trinajstić information content (AvgIpc) is 0.833. The molecule has 15 heteroatoms. The highest BCUT2D eigenvalue weighted by Gasteiger charge is 2.21. The summed E-state index contributed by atoms with van der Waals surface area (Å²) in [6.07, 6.45) is 52.0. The number of halogens is 3. The van der Waals surface area contributed by atoms with Crippen LogP contribution in [0.1, 0.15) is 50.1 Å². The molecule has 0 radical (unpaired) electrons. The minimum Gasteiger partial charge on any atom is -0.201 e. The molecule has 606 valence electrons. The van der Waals surface area contributed by atoms with E-state index in [9.17, 15) is 0 Å². The van der Waals surface area contributed by atoms with Crippen LogP contribution in [0.2, 0.25) is 0 Å². The van der Waals surface area contributed by atoms with E-state index in [1.54, 1.807) is 0 Å². The van der Waals surface area contributed by atoms with Crippen LogP contribution in [-0.2, 0) is 55.3 Å². The zero-order chi connectivity index (χ0) is 84.9. The maximum Gasteiger partial charge on any atom is 0.210 e. The van der Waals surface area contributed by atoms with E-state index >= 15 is 0 Å². The first kappa shape index (κ1) is 81.4. The molecule has 12 aromatic heterocycles. The molecule has 12 nitrogen and oxygen atoms in total. The van der Waals surface area contributed by atoms with Crippen molar-refractivity contribution >= 4 is 47.8 Å². The van der Waals surface area contributed by atoms with Crippen LogP contribution in [0.3, 0.4) is 0 Å². The fourth-order valence-corrected chi connectivity index (χ4v) is 17.4. The normalized spacial score (nSPS) is 11.3. The van der Waals surface area contributed by atoms with Gasteiger partial charge in [0.15, 0.2) is 188 Å². The fraction of sp³-hybridized carbons (Fsp3) is 0.0811. The number of benzene rings is 7. The van der Waals surface area contributed by atoms with E-state index in [1.807, 2.05) is 0 Å². The van der Waals surface area contributed by atoms with E-state index in [2.05, 4.69) is 561 Å². The topological polar surface area (TPSA) is 46.6 Å². The zero-order valence-corrected chi connectivity index (χ0v) is 74.4. The molecule has 0 aliphatic rings. The molecule has 126 heavy (non-hydrogen) atoms. The summed E-state index contributed by atoms with van der Waals surface area (Å²) in [5.74, 6) is 0. The lowest BCUT2D eigenvalue weighted by molar-refractivity contribution is -0.690. The maximum absolute atomic E-state index is 3.55. The molecule has 19 aromatic rings. The van der Waals surface area contributed by atoms with E-state index in [4.69, 9.17) is 0 Å². The summed E-state index contributed by atoms with van der Waals surface area (Å²) in [7, 11) is 0. The van der Waals surface area contributed by atoms with Gasteiger partial charge in [-0.15, -0.1) is 0 Å². The Labute approximate surface area is 761 Å². The summed E-state index contributed by atoms with van der Waals surface area (Å²) in [5.41, 5.74) is 32.1. The zero-order valence-electron chi connectivity index (χ0n) is 69.7. The second-order valence-corrected chi connectivity index (χ2v) is 33.8. The molecular weight excluding hydrogens is 1740 g/mol. The van der Waals surface area contributed by atoms with Gasteiger partial charge in [0.25, 0.3) is 0 Å². The van der Waals surface area contributed by atoms with Gasteiger partial charge in [-0.05, 0) is 138 Å². The van der Waals surface area contributed by atoms with Crippen molar-refractivity contribution in [2.75, 3.05) is 0 Å². The van der Waals surface area contributed by atoms with E-state index in [0.717, 1.165) is 89.4 Å². The number of rotatable bonds is 27. The molecule has 19 rings (SSSR count). The Morgan fingerprint density at radius 1 is 0.127 bits per heavy atom. The summed E-state index contributed by atoms with van der Waals surface area (Å²) in [5, 5.41) is 2.56. The summed E-state index contributed by atoms with van der Waals surface area (Å²) >= 11 is 10.7. The number of hydrogen-bond acceptors (Lipinski definition) is 0. The minimum atomic E-state index is 0.726. The predicted molar refractivity (Wildman–Crippen MR) is 501 cm³/mol. The van der Waals surface area contributed by atoms with Crippen molar-refractivity contribution in [3.8, 4) is 101 Å². The van der Waals surface area contributed by atoms with Crippen molar-refractivity contribution in [3.63, 3.8) is 0 Å². The van der Waals surface area contributed by atoms with Crippen molar-refractivity contribution in [2.24, 2.45) is 0 Å². The Balaban J connectivity index is 0.493. The molecule has 0 aliphatic heterocycles. The van der Waals surface area contributed by atoms with Gasteiger partial charge in [-0.2, -0.15) is 27.4 Å². The van der Waals surface area contributed by atoms with Crippen LogP contribution < -0.4 is 54.8 Å². The largest absolute Gasteiger partial charge is 0.210 e. The Hall–Kier alpha value is -14.2. The van der Waals surface area contributed by atoms with Crippen LogP contribution in [0.15, 0.2) is 458 Å². The molecule has 0 N–H and O–H groups in total. The van der Waals surface area contributed by atoms with Gasteiger partial charge < -0.3 is 0 Å². The first-order chi connectivity index (χ1) is 62.1. The standard InChI is InChI=1S/C111H93Br3N12/c112-76-85-1-13-106(14-2-85)121-61-37-100(38-62-121)103-43-67-124(68-44-103)109-19-7-88(8-20-109)79-115-49-25-94(26-50-115)97-31-55-118(56-32-97)82-91-73-92(83-119-57-33-98(34-58-119)95-27-51-116(52-28-95)80-89-9-21-110(22-10-89)125-69-45-104(46-70-125)101-39-63-122(64-40-101)107-15-3-86(77-113)4-16-107)75-93(74-91)84-120-59-35-99(36-60-120)96-29-53-117(54-30-96)81-90-11-23-111(24-12-90)126-71-47-105(48-72-126)102-41-65-123(66-42-102)108-17-5-87(78-114)6-18-108/h1-75H,76-84H2/q+12. The lowest BCUT2D eigenvalue weighted by Gasteiger charge is -2.08. The summed E-state index contributed by atoms with van der Waals surface area (Å²) < 4.78 is 26.6. The molecule has 12 heterocycles. The summed E-state index contributed by atoms with van der Waals surface area (Å²) in [4.78, 5) is 0. The van der Waals surface area contributed by atoms with Crippen molar-refractivity contribution in [1.29, 1.82) is 0 Å². The molecule has 0 amide bonds. The third-order valence-electron chi connectivity index (χ3n) is 23.5. The Morgan fingerprint density at radius 3 is 0.381 bits per heavy atom. The number of pyridine rings is 12. The van der Waals surface area contributed by atoms with Gasteiger partial charge in [-0.1, -0.05) is 84.2 Å². The van der Waals surface area contributed by atoms with E-state index in [0.29, 0.717) is 0 Å². The van der Waals surface area contributed by atoms with Gasteiger partial charge in [-0.25, -0.2) is 27.4 Å². The van der Waals surface area contributed by atoms with Gasteiger partial charge in [0.2, 0.25) is 34.1 Å². The smallest absolute Gasteiger partial charge is 0.201 e. The van der Waals surface area contributed by atoms with Crippen molar-refractivity contribution in [3.05, 3.63) is 508 Å².